The highest BCUT2D eigenvalue weighted by Gasteiger charge is 2.43. The molecule has 2 aliphatic heterocycles. The van der Waals surface area contributed by atoms with E-state index in [1.54, 1.807) is 26.0 Å². The molecule has 6 nitrogen and oxygen atoms in total. The predicted molar refractivity (Wildman–Crippen MR) is 116 cm³/mol. The zero-order chi connectivity index (χ0) is 22.5. The van der Waals surface area contributed by atoms with Crippen LogP contribution < -0.4 is 9.47 Å². The number of benzene rings is 2. The van der Waals surface area contributed by atoms with Gasteiger partial charge in [0.15, 0.2) is 5.78 Å². The molecular formula is C25H28O6. The van der Waals surface area contributed by atoms with E-state index in [2.05, 4.69) is 0 Å². The molecular weight excluding hydrogens is 396 g/mol. The number of phenols is 2. The Balaban J connectivity index is 1.84. The highest BCUT2D eigenvalue weighted by molar-refractivity contribution is 6.07. The standard InChI is InChI=1S/C25H28O6/c1-13(2)5-10-16-21(27)20-22(28)18(14-6-8-15(26)9-7-14)12-30-24(20)17-11-19(25(3,4)29)31-23(16)17/h5-9,18-19,26-27,29H,10-12H2,1-4H3/t18-,19-/m0/s1. The molecule has 2 heterocycles. The van der Waals surface area contributed by atoms with Gasteiger partial charge in [0.25, 0.3) is 0 Å². The van der Waals surface area contributed by atoms with Crippen molar-refractivity contribution >= 4 is 5.78 Å². The molecule has 0 aromatic heterocycles. The molecule has 2 atom stereocenters. The van der Waals surface area contributed by atoms with Crippen LogP contribution in [0.25, 0.3) is 0 Å². The van der Waals surface area contributed by atoms with Crippen LogP contribution in [-0.2, 0) is 12.8 Å². The normalized spacial score (nSPS) is 19.8. The summed E-state index contributed by atoms with van der Waals surface area (Å²) in [4.78, 5) is 13.5. The van der Waals surface area contributed by atoms with Crippen molar-refractivity contribution in [3.05, 3.63) is 58.2 Å². The van der Waals surface area contributed by atoms with Crippen LogP contribution >= 0.6 is 0 Å². The Bertz CT molecular complexity index is 1060. The van der Waals surface area contributed by atoms with Crippen molar-refractivity contribution in [2.75, 3.05) is 6.61 Å². The molecule has 0 spiro atoms. The largest absolute Gasteiger partial charge is 0.508 e. The van der Waals surface area contributed by atoms with Gasteiger partial charge in [0.2, 0.25) is 0 Å². The summed E-state index contributed by atoms with van der Waals surface area (Å²) in [6.45, 7) is 7.41. The van der Waals surface area contributed by atoms with Gasteiger partial charge in [0.1, 0.15) is 41.3 Å². The van der Waals surface area contributed by atoms with E-state index in [0.717, 1.165) is 11.1 Å². The number of aromatic hydroxyl groups is 2. The monoisotopic (exact) mass is 424 g/mol. The number of carbonyl (C=O) groups is 1. The molecule has 0 amide bonds. The molecule has 4 rings (SSSR count). The zero-order valence-corrected chi connectivity index (χ0v) is 18.2. The lowest BCUT2D eigenvalue weighted by Crippen LogP contribution is -2.39. The van der Waals surface area contributed by atoms with Gasteiger partial charge in [0.05, 0.1) is 11.5 Å². The lowest BCUT2D eigenvalue weighted by atomic mass is 9.84. The third-order valence-corrected chi connectivity index (χ3v) is 5.98. The Kier molecular flexibility index (Phi) is 5.21. The van der Waals surface area contributed by atoms with E-state index in [-0.39, 0.29) is 29.5 Å². The summed E-state index contributed by atoms with van der Waals surface area (Å²) in [5, 5.41) is 31.2. The van der Waals surface area contributed by atoms with E-state index in [1.807, 2.05) is 19.9 Å². The fourth-order valence-electron chi connectivity index (χ4n) is 4.15. The Hall–Kier alpha value is -2.99. The van der Waals surface area contributed by atoms with Gasteiger partial charge in [-0.25, -0.2) is 0 Å². The van der Waals surface area contributed by atoms with Crippen LogP contribution in [0.1, 0.15) is 60.7 Å². The molecule has 0 unspecified atom stereocenters. The number of phenolic OH excluding ortho intramolecular Hbond substituents is 2. The smallest absolute Gasteiger partial charge is 0.181 e. The maximum absolute atomic E-state index is 13.5. The van der Waals surface area contributed by atoms with E-state index < -0.39 is 17.6 Å². The molecule has 0 radical (unpaired) electrons. The minimum absolute atomic E-state index is 0.118. The second-order valence-electron chi connectivity index (χ2n) is 9.11. The second kappa shape index (κ2) is 7.61. The molecule has 0 fully saturated rings. The van der Waals surface area contributed by atoms with Gasteiger partial charge in [-0.3, -0.25) is 4.79 Å². The van der Waals surface area contributed by atoms with Gasteiger partial charge in [-0.1, -0.05) is 23.8 Å². The molecule has 2 aromatic rings. The van der Waals surface area contributed by atoms with Crippen molar-refractivity contribution in [3.8, 4) is 23.0 Å². The molecule has 0 aliphatic carbocycles. The molecule has 2 aliphatic rings. The first kappa shape index (κ1) is 21.2. The number of allylic oxidation sites excluding steroid dienone is 2. The van der Waals surface area contributed by atoms with Gasteiger partial charge in [0, 0.05) is 17.5 Å². The Morgan fingerprint density at radius 3 is 2.45 bits per heavy atom. The number of carbonyl (C=O) groups excluding carboxylic acids is 1. The average Bonchev–Trinajstić information content (AvgIpc) is 3.14. The van der Waals surface area contributed by atoms with Crippen LogP contribution in [0.3, 0.4) is 0 Å². The highest BCUT2D eigenvalue weighted by Crippen LogP contribution is 2.51. The number of aliphatic hydroxyl groups is 1. The fourth-order valence-corrected chi connectivity index (χ4v) is 4.15. The van der Waals surface area contributed by atoms with Crippen LogP contribution in [0.15, 0.2) is 35.9 Å². The summed E-state index contributed by atoms with van der Waals surface area (Å²) in [6.07, 6.45) is 2.25. The Morgan fingerprint density at radius 2 is 1.84 bits per heavy atom. The summed E-state index contributed by atoms with van der Waals surface area (Å²) in [6, 6.07) is 6.44. The summed E-state index contributed by atoms with van der Waals surface area (Å²) >= 11 is 0. The Morgan fingerprint density at radius 1 is 1.16 bits per heavy atom. The lowest BCUT2D eigenvalue weighted by Gasteiger charge is -2.27. The first-order valence-corrected chi connectivity index (χ1v) is 10.5. The topological polar surface area (TPSA) is 96.2 Å². The number of hydrogen-bond acceptors (Lipinski definition) is 6. The first-order valence-electron chi connectivity index (χ1n) is 10.5. The van der Waals surface area contributed by atoms with Crippen molar-refractivity contribution < 1.29 is 29.6 Å². The van der Waals surface area contributed by atoms with Crippen LogP contribution in [0.2, 0.25) is 0 Å². The molecule has 0 saturated heterocycles. The van der Waals surface area contributed by atoms with Gasteiger partial charge in [-0.05, 0) is 51.8 Å². The van der Waals surface area contributed by atoms with E-state index in [1.165, 1.54) is 12.1 Å². The molecule has 0 saturated carbocycles. The van der Waals surface area contributed by atoms with Gasteiger partial charge < -0.3 is 24.8 Å². The zero-order valence-electron chi connectivity index (χ0n) is 18.2. The average molecular weight is 424 g/mol. The molecule has 3 N–H and O–H groups in total. The fraction of sp³-hybridized carbons (Fsp3) is 0.400. The summed E-state index contributed by atoms with van der Waals surface area (Å²) < 4.78 is 12.1. The lowest BCUT2D eigenvalue weighted by molar-refractivity contribution is -0.0232. The van der Waals surface area contributed by atoms with Crippen LogP contribution in [-0.4, -0.2) is 39.4 Å². The van der Waals surface area contributed by atoms with Crippen LogP contribution in [0.5, 0.6) is 23.0 Å². The van der Waals surface area contributed by atoms with E-state index in [0.29, 0.717) is 35.5 Å². The molecule has 2 aromatic carbocycles. The summed E-state index contributed by atoms with van der Waals surface area (Å²) in [5.74, 6) is 0.0269. The third-order valence-electron chi connectivity index (χ3n) is 5.98. The number of rotatable bonds is 4. The van der Waals surface area contributed by atoms with E-state index >= 15 is 0 Å². The van der Waals surface area contributed by atoms with Crippen molar-refractivity contribution in [3.63, 3.8) is 0 Å². The third kappa shape index (κ3) is 3.76. The SMILES string of the molecule is CC(C)=CCc1c(O)c2c(c3c1O[C@H](C(C)(C)O)C3)OC[C@@H](c1ccc(O)cc1)C2=O. The van der Waals surface area contributed by atoms with Gasteiger partial charge in [-0.15, -0.1) is 0 Å². The highest BCUT2D eigenvalue weighted by atomic mass is 16.5. The second-order valence-corrected chi connectivity index (χ2v) is 9.11. The Labute approximate surface area is 181 Å². The van der Waals surface area contributed by atoms with Crippen LogP contribution in [0.4, 0.5) is 0 Å². The molecule has 31 heavy (non-hydrogen) atoms. The number of ketones is 1. The maximum Gasteiger partial charge on any atom is 0.181 e. The first-order chi connectivity index (χ1) is 14.6. The van der Waals surface area contributed by atoms with Crippen molar-refractivity contribution in [1.82, 2.24) is 0 Å². The minimum Gasteiger partial charge on any atom is -0.508 e. The predicted octanol–water partition coefficient (Wildman–Crippen LogP) is 4.04. The number of fused-ring (bicyclic) bond motifs is 3. The van der Waals surface area contributed by atoms with Crippen LogP contribution in [0, 0.1) is 0 Å². The van der Waals surface area contributed by atoms with Crippen molar-refractivity contribution in [2.45, 2.75) is 58.2 Å². The number of hydrogen-bond donors (Lipinski definition) is 3. The number of Topliss-reactive ketones (excluding diaryl/α,β-unsaturated/α-hetero) is 1. The van der Waals surface area contributed by atoms with Crippen molar-refractivity contribution in [2.24, 2.45) is 0 Å². The van der Waals surface area contributed by atoms with Gasteiger partial charge in [-0.2, -0.15) is 0 Å². The van der Waals surface area contributed by atoms with E-state index in [9.17, 15) is 20.1 Å². The summed E-state index contributed by atoms with van der Waals surface area (Å²) in [7, 11) is 0. The quantitative estimate of drug-likeness (QED) is 0.641. The molecule has 0 bridgehead atoms. The van der Waals surface area contributed by atoms with Gasteiger partial charge >= 0.3 is 0 Å². The maximum atomic E-state index is 13.5. The van der Waals surface area contributed by atoms with Crippen molar-refractivity contribution in [1.29, 1.82) is 0 Å². The summed E-state index contributed by atoms with van der Waals surface area (Å²) in [5.41, 5.74) is 2.11. The molecule has 6 heteroatoms. The minimum atomic E-state index is -1.09. The molecule has 164 valence electrons. The number of ether oxygens (including phenoxy) is 2. The van der Waals surface area contributed by atoms with E-state index in [4.69, 9.17) is 9.47 Å².